The molecule has 0 aliphatic carbocycles. The number of hydrogen-bond acceptors (Lipinski definition) is 4. The highest BCUT2D eigenvalue weighted by Gasteiger charge is 2.08. The molecule has 22 heavy (non-hydrogen) atoms. The molecule has 0 radical (unpaired) electrons. The van der Waals surface area contributed by atoms with Gasteiger partial charge in [0.15, 0.2) is 11.5 Å². The number of hydrogen-bond donors (Lipinski definition) is 2. The van der Waals surface area contributed by atoms with E-state index in [2.05, 4.69) is 10.2 Å². The van der Waals surface area contributed by atoms with E-state index in [1.54, 1.807) is 20.3 Å². The molecule has 0 bridgehead atoms. The van der Waals surface area contributed by atoms with E-state index in [-0.39, 0.29) is 0 Å². The normalized spacial score (nSPS) is 11.2. The number of nitrogens with two attached hydrogens (primary N) is 1. The molecule has 0 spiro atoms. The fourth-order valence-electron chi connectivity index (χ4n) is 2.34. The van der Waals surface area contributed by atoms with Crippen LogP contribution in [0.3, 0.4) is 0 Å². The van der Waals surface area contributed by atoms with Crippen LogP contribution in [0, 0.1) is 0 Å². The summed E-state index contributed by atoms with van der Waals surface area (Å²) in [5.41, 5.74) is 9.40. The van der Waals surface area contributed by atoms with Crippen molar-refractivity contribution in [3.63, 3.8) is 0 Å². The van der Waals surface area contributed by atoms with Crippen molar-refractivity contribution in [1.29, 1.82) is 0 Å². The molecule has 3 N–H and O–H groups in total. The Bertz CT molecular complexity index is 837. The fraction of sp³-hybridized carbons (Fsp3) is 0.118. The average molecular weight is 295 g/mol. The van der Waals surface area contributed by atoms with Crippen molar-refractivity contribution >= 4 is 28.7 Å². The van der Waals surface area contributed by atoms with Crippen LogP contribution in [0.4, 0.5) is 5.69 Å². The SMILES string of the molecule is COc1cc(N)c(C=Cc2n[nH]c3ccccc23)cc1OC. The Morgan fingerprint density at radius 3 is 2.55 bits per heavy atom. The minimum Gasteiger partial charge on any atom is -0.493 e. The molecule has 112 valence electrons. The van der Waals surface area contributed by atoms with Crippen molar-refractivity contribution in [3.05, 3.63) is 47.7 Å². The summed E-state index contributed by atoms with van der Waals surface area (Å²) in [6, 6.07) is 11.6. The lowest BCUT2D eigenvalue weighted by Crippen LogP contribution is -1.95. The number of nitrogens with one attached hydrogen (secondary N) is 1. The van der Waals surface area contributed by atoms with E-state index >= 15 is 0 Å². The lowest BCUT2D eigenvalue weighted by molar-refractivity contribution is 0.355. The van der Waals surface area contributed by atoms with Crippen LogP contribution in [0.15, 0.2) is 36.4 Å². The van der Waals surface area contributed by atoms with E-state index in [1.807, 2.05) is 42.5 Å². The van der Waals surface area contributed by atoms with Gasteiger partial charge in [0.05, 0.1) is 25.4 Å². The van der Waals surface area contributed by atoms with E-state index in [0.29, 0.717) is 17.2 Å². The van der Waals surface area contributed by atoms with Crippen LogP contribution >= 0.6 is 0 Å². The van der Waals surface area contributed by atoms with Crippen molar-refractivity contribution in [2.45, 2.75) is 0 Å². The van der Waals surface area contributed by atoms with E-state index in [1.165, 1.54) is 0 Å². The van der Waals surface area contributed by atoms with Crippen LogP contribution in [0.25, 0.3) is 23.1 Å². The van der Waals surface area contributed by atoms with Gasteiger partial charge in [-0.05, 0) is 18.2 Å². The number of nitrogens with zero attached hydrogens (tertiary/aromatic N) is 1. The maximum Gasteiger partial charge on any atom is 0.162 e. The highest BCUT2D eigenvalue weighted by Crippen LogP contribution is 2.32. The van der Waals surface area contributed by atoms with Crippen molar-refractivity contribution in [2.24, 2.45) is 0 Å². The molecule has 0 unspecified atom stereocenters. The molecule has 1 heterocycles. The number of aromatic amines is 1. The van der Waals surface area contributed by atoms with Gasteiger partial charge in [0.1, 0.15) is 0 Å². The summed E-state index contributed by atoms with van der Waals surface area (Å²) < 4.78 is 10.5. The van der Waals surface area contributed by atoms with Crippen molar-refractivity contribution in [2.75, 3.05) is 20.0 Å². The van der Waals surface area contributed by atoms with Gasteiger partial charge in [0, 0.05) is 22.7 Å². The smallest absolute Gasteiger partial charge is 0.162 e. The second kappa shape index (κ2) is 5.81. The van der Waals surface area contributed by atoms with Crippen molar-refractivity contribution < 1.29 is 9.47 Å². The summed E-state index contributed by atoms with van der Waals surface area (Å²) in [4.78, 5) is 0. The largest absolute Gasteiger partial charge is 0.493 e. The minimum absolute atomic E-state index is 0.613. The van der Waals surface area contributed by atoms with E-state index < -0.39 is 0 Å². The molecule has 1 aromatic heterocycles. The number of para-hydroxylation sites is 1. The maximum absolute atomic E-state index is 6.06. The molecule has 3 aromatic rings. The van der Waals surface area contributed by atoms with Gasteiger partial charge >= 0.3 is 0 Å². The number of rotatable bonds is 4. The molecule has 5 heteroatoms. The van der Waals surface area contributed by atoms with Crippen LogP contribution in [-0.2, 0) is 0 Å². The fourth-order valence-corrected chi connectivity index (χ4v) is 2.34. The average Bonchev–Trinajstić information content (AvgIpc) is 2.96. The van der Waals surface area contributed by atoms with Crippen LogP contribution in [0.5, 0.6) is 11.5 Å². The minimum atomic E-state index is 0.613. The summed E-state index contributed by atoms with van der Waals surface area (Å²) in [7, 11) is 3.19. The van der Waals surface area contributed by atoms with E-state index in [4.69, 9.17) is 15.2 Å². The van der Waals surface area contributed by atoms with Crippen molar-refractivity contribution in [3.8, 4) is 11.5 Å². The lowest BCUT2D eigenvalue weighted by Gasteiger charge is -2.10. The first kappa shape index (κ1) is 14.0. The quantitative estimate of drug-likeness (QED) is 0.724. The van der Waals surface area contributed by atoms with Gasteiger partial charge in [-0.3, -0.25) is 5.10 Å². The Balaban J connectivity index is 1.98. The Labute approximate surface area is 128 Å². The predicted octanol–water partition coefficient (Wildman–Crippen LogP) is 3.33. The topological polar surface area (TPSA) is 73.2 Å². The molecule has 2 aromatic carbocycles. The Kier molecular flexibility index (Phi) is 3.70. The maximum atomic E-state index is 6.06. The molecule has 5 nitrogen and oxygen atoms in total. The van der Waals surface area contributed by atoms with Gasteiger partial charge in [-0.2, -0.15) is 5.10 Å². The highest BCUT2D eigenvalue weighted by molar-refractivity contribution is 5.90. The number of fused-ring (bicyclic) bond motifs is 1. The molecule has 0 saturated carbocycles. The molecule has 0 amide bonds. The second-order valence-corrected chi connectivity index (χ2v) is 4.82. The van der Waals surface area contributed by atoms with Crippen LogP contribution in [0.2, 0.25) is 0 Å². The van der Waals surface area contributed by atoms with E-state index in [9.17, 15) is 0 Å². The number of H-pyrrole nitrogens is 1. The first-order valence-electron chi connectivity index (χ1n) is 6.85. The monoisotopic (exact) mass is 295 g/mol. The number of anilines is 1. The molecule has 0 aliphatic rings. The van der Waals surface area contributed by atoms with Crippen LogP contribution < -0.4 is 15.2 Å². The summed E-state index contributed by atoms with van der Waals surface area (Å²) in [6.07, 6.45) is 3.84. The third-order valence-corrected chi connectivity index (χ3v) is 3.51. The highest BCUT2D eigenvalue weighted by atomic mass is 16.5. The molecule has 0 fully saturated rings. The van der Waals surface area contributed by atoms with Gasteiger partial charge in [0.25, 0.3) is 0 Å². The zero-order chi connectivity index (χ0) is 15.5. The molecule has 0 atom stereocenters. The Morgan fingerprint density at radius 1 is 1.05 bits per heavy atom. The van der Waals surface area contributed by atoms with Gasteiger partial charge in [-0.15, -0.1) is 0 Å². The molecule has 0 saturated heterocycles. The van der Waals surface area contributed by atoms with Crippen molar-refractivity contribution in [1.82, 2.24) is 10.2 Å². The first-order chi connectivity index (χ1) is 10.7. The predicted molar refractivity (Wildman–Crippen MR) is 89.0 cm³/mol. The van der Waals surface area contributed by atoms with Crippen LogP contribution in [-0.4, -0.2) is 24.4 Å². The third kappa shape index (κ3) is 2.48. The zero-order valence-electron chi connectivity index (χ0n) is 12.5. The Morgan fingerprint density at radius 2 is 1.77 bits per heavy atom. The Hall–Kier alpha value is -2.95. The summed E-state index contributed by atoms with van der Waals surface area (Å²) in [6.45, 7) is 0. The standard InChI is InChI=1S/C17H17N3O2/c1-21-16-9-11(13(18)10-17(16)22-2)7-8-15-12-5-3-4-6-14(12)19-20-15/h3-10H,18H2,1-2H3,(H,19,20). The van der Waals surface area contributed by atoms with Gasteiger partial charge in [-0.1, -0.05) is 24.3 Å². The summed E-state index contributed by atoms with van der Waals surface area (Å²) in [5.74, 6) is 1.26. The third-order valence-electron chi connectivity index (χ3n) is 3.51. The summed E-state index contributed by atoms with van der Waals surface area (Å²) in [5, 5.41) is 8.38. The molecule has 0 aliphatic heterocycles. The number of methoxy groups -OCH3 is 2. The zero-order valence-corrected chi connectivity index (χ0v) is 12.5. The summed E-state index contributed by atoms with van der Waals surface area (Å²) >= 11 is 0. The number of aromatic nitrogens is 2. The number of benzene rings is 2. The second-order valence-electron chi connectivity index (χ2n) is 4.82. The molecular weight excluding hydrogens is 278 g/mol. The first-order valence-corrected chi connectivity index (χ1v) is 6.85. The van der Waals surface area contributed by atoms with E-state index in [0.717, 1.165) is 22.2 Å². The molecule has 3 rings (SSSR count). The van der Waals surface area contributed by atoms with Crippen LogP contribution in [0.1, 0.15) is 11.3 Å². The van der Waals surface area contributed by atoms with Gasteiger partial charge in [-0.25, -0.2) is 0 Å². The number of nitrogen functional groups attached to an aromatic ring is 1. The lowest BCUT2D eigenvalue weighted by atomic mass is 10.1. The van der Waals surface area contributed by atoms with Gasteiger partial charge in [0.2, 0.25) is 0 Å². The number of ether oxygens (including phenoxy) is 2. The van der Waals surface area contributed by atoms with Gasteiger partial charge < -0.3 is 15.2 Å². The molecular formula is C17H17N3O2.